The van der Waals surface area contributed by atoms with Gasteiger partial charge < -0.3 is 15.4 Å². The number of amides is 1. The Morgan fingerprint density at radius 1 is 1.20 bits per heavy atom. The Labute approximate surface area is 118 Å². The van der Waals surface area contributed by atoms with Gasteiger partial charge in [-0.1, -0.05) is 24.3 Å². The third kappa shape index (κ3) is 3.26. The molecule has 2 N–H and O–H groups in total. The Hall–Kier alpha value is -2.56. The van der Waals surface area contributed by atoms with Crippen LogP contribution in [0.3, 0.4) is 0 Å². The molecule has 0 aliphatic heterocycles. The van der Waals surface area contributed by atoms with Crippen LogP contribution in [0.1, 0.15) is 16.1 Å². The number of pyridine rings is 1. The predicted octanol–water partition coefficient (Wildman–Crippen LogP) is 2.06. The van der Waals surface area contributed by atoms with E-state index in [0.717, 1.165) is 11.3 Å². The fraction of sp³-hybridized carbons (Fsp3) is 0.200. The van der Waals surface area contributed by atoms with E-state index in [1.54, 1.807) is 32.4 Å². The zero-order valence-corrected chi connectivity index (χ0v) is 11.5. The van der Waals surface area contributed by atoms with Crippen LogP contribution in [-0.2, 0) is 6.54 Å². The van der Waals surface area contributed by atoms with Crippen LogP contribution in [0.2, 0.25) is 0 Å². The third-order valence-corrected chi connectivity index (χ3v) is 2.87. The quantitative estimate of drug-likeness (QED) is 0.873. The molecule has 5 heteroatoms. The Bertz CT molecular complexity index is 599. The van der Waals surface area contributed by atoms with Gasteiger partial charge in [-0.2, -0.15) is 0 Å². The normalized spacial score (nSPS) is 9.90. The molecule has 0 bridgehead atoms. The van der Waals surface area contributed by atoms with Gasteiger partial charge in [-0.15, -0.1) is 0 Å². The van der Waals surface area contributed by atoms with Crippen molar-refractivity contribution in [1.82, 2.24) is 10.3 Å². The molecule has 1 aromatic heterocycles. The van der Waals surface area contributed by atoms with E-state index in [1.807, 2.05) is 24.3 Å². The van der Waals surface area contributed by atoms with Gasteiger partial charge in [0.15, 0.2) is 0 Å². The summed E-state index contributed by atoms with van der Waals surface area (Å²) in [7, 11) is 3.37. The fourth-order valence-corrected chi connectivity index (χ4v) is 1.82. The highest BCUT2D eigenvalue weighted by Crippen LogP contribution is 2.16. The molecule has 5 nitrogen and oxygen atoms in total. The second-order valence-electron chi connectivity index (χ2n) is 4.15. The minimum absolute atomic E-state index is 0.215. The molecule has 0 spiro atoms. The van der Waals surface area contributed by atoms with E-state index in [0.29, 0.717) is 18.1 Å². The monoisotopic (exact) mass is 271 g/mol. The van der Waals surface area contributed by atoms with E-state index in [-0.39, 0.29) is 5.91 Å². The highest BCUT2D eigenvalue weighted by atomic mass is 16.5. The van der Waals surface area contributed by atoms with Crippen molar-refractivity contribution in [2.24, 2.45) is 0 Å². The predicted molar refractivity (Wildman–Crippen MR) is 77.9 cm³/mol. The molecule has 0 saturated heterocycles. The Balaban J connectivity index is 2.04. The molecule has 0 aliphatic carbocycles. The van der Waals surface area contributed by atoms with Crippen LogP contribution in [0.4, 0.5) is 5.82 Å². The number of nitrogens with zero attached hydrogens (tertiary/aromatic N) is 1. The summed E-state index contributed by atoms with van der Waals surface area (Å²) in [6.07, 6.45) is 0. The standard InChI is InChI=1S/C15H17N3O2/c1-16-14-9-5-7-12(18-14)15(19)17-10-11-6-3-4-8-13(11)20-2/h3-9H,10H2,1-2H3,(H,16,18)(H,17,19). The van der Waals surface area contributed by atoms with Gasteiger partial charge in [-0.05, 0) is 18.2 Å². The van der Waals surface area contributed by atoms with Gasteiger partial charge in [0.25, 0.3) is 5.91 Å². The summed E-state index contributed by atoms with van der Waals surface area (Å²) in [4.78, 5) is 16.2. The Morgan fingerprint density at radius 2 is 2.00 bits per heavy atom. The number of benzene rings is 1. The van der Waals surface area contributed by atoms with E-state index in [1.165, 1.54) is 0 Å². The molecule has 1 amide bonds. The third-order valence-electron chi connectivity index (χ3n) is 2.87. The first-order chi connectivity index (χ1) is 9.74. The van der Waals surface area contributed by atoms with Crippen molar-refractivity contribution >= 4 is 11.7 Å². The maximum absolute atomic E-state index is 12.0. The molecule has 0 aliphatic rings. The average molecular weight is 271 g/mol. The zero-order chi connectivity index (χ0) is 14.4. The van der Waals surface area contributed by atoms with Gasteiger partial charge in [0.05, 0.1) is 7.11 Å². The number of carbonyl (C=O) groups is 1. The molecule has 2 aromatic rings. The molecule has 0 saturated carbocycles. The summed E-state index contributed by atoms with van der Waals surface area (Å²) in [6.45, 7) is 0.397. The van der Waals surface area contributed by atoms with Crippen LogP contribution in [0, 0.1) is 0 Å². The smallest absolute Gasteiger partial charge is 0.270 e. The summed E-state index contributed by atoms with van der Waals surface area (Å²) >= 11 is 0. The first-order valence-corrected chi connectivity index (χ1v) is 6.29. The topological polar surface area (TPSA) is 63.2 Å². The van der Waals surface area contributed by atoms with Gasteiger partial charge in [0, 0.05) is 19.2 Å². The van der Waals surface area contributed by atoms with Gasteiger partial charge in [0.1, 0.15) is 17.3 Å². The number of aromatic nitrogens is 1. The largest absolute Gasteiger partial charge is 0.496 e. The van der Waals surface area contributed by atoms with Crippen molar-refractivity contribution in [3.63, 3.8) is 0 Å². The second kappa shape index (κ2) is 6.56. The van der Waals surface area contributed by atoms with Gasteiger partial charge in [-0.3, -0.25) is 4.79 Å². The minimum Gasteiger partial charge on any atom is -0.496 e. The molecule has 0 fully saturated rings. The SMILES string of the molecule is CNc1cccc(C(=O)NCc2ccccc2OC)n1. The lowest BCUT2D eigenvalue weighted by Gasteiger charge is -2.09. The second-order valence-corrected chi connectivity index (χ2v) is 4.15. The van der Waals surface area contributed by atoms with Crippen molar-refractivity contribution in [1.29, 1.82) is 0 Å². The van der Waals surface area contributed by atoms with Crippen LogP contribution >= 0.6 is 0 Å². The van der Waals surface area contributed by atoms with Crippen molar-refractivity contribution in [3.05, 3.63) is 53.7 Å². The van der Waals surface area contributed by atoms with E-state index in [9.17, 15) is 4.79 Å². The molecule has 2 rings (SSSR count). The van der Waals surface area contributed by atoms with Crippen LogP contribution < -0.4 is 15.4 Å². The summed E-state index contributed by atoms with van der Waals surface area (Å²) in [5.74, 6) is 1.20. The number of carbonyl (C=O) groups excluding carboxylic acids is 1. The van der Waals surface area contributed by atoms with E-state index in [4.69, 9.17) is 4.74 Å². The van der Waals surface area contributed by atoms with Crippen LogP contribution in [-0.4, -0.2) is 25.0 Å². The van der Waals surface area contributed by atoms with E-state index < -0.39 is 0 Å². The van der Waals surface area contributed by atoms with Gasteiger partial charge in [0.2, 0.25) is 0 Å². The number of rotatable bonds is 5. The average Bonchev–Trinajstić information content (AvgIpc) is 2.52. The lowest BCUT2D eigenvalue weighted by Crippen LogP contribution is -2.24. The molecule has 0 radical (unpaired) electrons. The number of ether oxygens (including phenoxy) is 1. The highest BCUT2D eigenvalue weighted by Gasteiger charge is 2.09. The lowest BCUT2D eigenvalue weighted by atomic mass is 10.2. The number of anilines is 1. The van der Waals surface area contributed by atoms with Crippen LogP contribution in [0.25, 0.3) is 0 Å². The molecular formula is C15H17N3O2. The summed E-state index contributed by atoms with van der Waals surface area (Å²) in [6, 6.07) is 12.8. The lowest BCUT2D eigenvalue weighted by molar-refractivity contribution is 0.0946. The minimum atomic E-state index is -0.215. The van der Waals surface area contributed by atoms with Crippen molar-refractivity contribution in [2.75, 3.05) is 19.5 Å². The summed E-state index contributed by atoms with van der Waals surface area (Å²) < 4.78 is 5.24. The van der Waals surface area contributed by atoms with Gasteiger partial charge >= 0.3 is 0 Å². The van der Waals surface area contributed by atoms with Crippen LogP contribution in [0.5, 0.6) is 5.75 Å². The molecule has 0 atom stereocenters. The maximum atomic E-state index is 12.0. The number of methoxy groups -OCH3 is 1. The highest BCUT2D eigenvalue weighted by molar-refractivity contribution is 5.92. The summed E-state index contributed by atoms with van der Waals surface area (Å²) in [5, 5.41) is 5.74. The Morgan fingerprint density at radius 3 is 2.75 bits per heavy atom. The molecule has 20 heavy (non-hydrogen) atoms. The number of nitrogens with one attached hydrogen (secondary N) is 2. The van der Waals surface area contributed by atoms with Gasteiger partial charge in [-0.25, -0.2) is 4.98 Å². The van der Waals surface area contributed by atoms with Crippen molar-refractivity contribution in [3.8, 4) is 5.75 Å². The summed E-state index contributed by atoms with van der Waals surface area (Å²) in [5.41, 5.74) is 1.31. The molecule has 1 aromatic carbocycles. The van der Waals surface area contributed by atoms with Crippen LogP contribution in [0.15, 0.2) is 42.5 Å². The number of hydrogen-bond acceptors (Lipinski definition) is 4. The van der Waals surface area contributed by atoms with E-state index in [2.05, 4.69) is 15.6 Å². The first-order valence-electron chi connectivity index (χ1n) is 6.29. The first kappa shape index (κ1) is 13.9. The fourth-order valence-electron chi connectivity index (χ4n) is 1.82. The molecular weight excluding hydrogens is 254 g/mol. The van der Waals surface area contributed by atoms with Crippen molar-refractivity contribution in [2.45, 2.75) is 6.54 Å². The van der Waals surface area contributed by atoms with Crippen molar-refractivity contribution < 1.29 is 9.53 Å². The molecule has 0 unspecified atom stereocenters. The number of hydrogen-bond donors (Lipinski definition) is 2. The van der Waals surface area contributed by atoms with E-state index >= 15 is 0 Å². The number of para-hydroxylation sites is 1. The molecule has 104 valence electrons. The molecule has 1 heterocycles. The Kier molecular flexibility index (Phi) is 4.55. The maximum Gasteiger partial charge on any atom is 0.270 e. The zero-order valence-electron chi connectivity index (χ0n) is 11.5.